The first-order valence-electron chi connectivity index (χ1n) is 4.75. The molecule has 0 unspecified atom stereocenters. The van der Waals surface area contributed by atoms with Gasteiger partial charge in [-0.2, -0.15) is 0 Å². The molecule has 0 aromatic rings. The molecule has 1 rings (SSSR count). The summed E-state index contributed by atoms with van der Waals surface area (Å²) in [7, 11) is 2.12. The Hall–Kier alpha value is -0.720. The molecule has 0 amide bonds. The van der Waals surface area contributed by atoms with Gasteiger partial charge in [0.05, 0.1) is 0 Å². The Labute approximate surface area is 75.8 Å². The molecule has 0 saturated carbocycles. The van der Waals surface area contributed by atoms with E-state index in [0.29, 0.717) is 0 Å². The molecule has 1 heteroatoms. The Morgan fingerprint density at radius 3 is 2.58 bits per heavy atom. The van der Waals surface area contributed by atoms with Crippen molar-refractivity contribution >= 4 is 0 Å². The number of unbranched alkanes of at least 4 members (excludes halogenated alkanes) is 1. The van der Waals surface area contributed by atoms with Crippen LogP contribution in [0.1, 0.15) is 33.1 Å². The van der Waals surface area contributed by atoms with Gasteiger partial charge in [0.15, 0.2) is 0 Å². The minimum atomic E-state index is 1.10. The molecular weight excluding hydrogens is 146 g/mol. The normalized spacial score (nSPS) is 17.9. The van der Waals surface area contributed by atoms with E-state index in [2.05, 4.69) is 32.4 Å². The molecule has 0 bridgehead atoms. The number of allylic oxidation sites excluding steroid dienone is 1. The third kappa shape index (κ3) is 1.71. The Morgan fingerprint density at radius 2 is 2.17 bits per heavy atom. The average Bonchev–Trinajstić information content (AvgIpc) is 2.30. The van der Waals surface area contributed by atoms with Crippen LogP contribution in [0.3, 0.4) is 0 Å². The first-order chi connectivity index (χ1) is 5.66. The number of hydrogen-bond acceptors (Lipinski definition) is 1. The van der Waals surface area contributed by atoms with Crippen LogP contribution in [0.15, 0.2) is 23.4 Å². The predicted molar refractivity (Wildman–Crippen MR) is 54.0 cm³/mol. The summed E-state index contributed by atoms with van der Waals surface area (Å²) in [6.45, 7) is 9.58. The summed E-state index contributed by atoms with van der Waals surface area (Å²) in [6, 6.07) is 0. The molecule has 0 saturated heterocycles. The maximum absolute atomic E-state index is 4.04. The second-order valence-corrected chi connectivity index (χ2v) is 3.63. The fourth-order valence-corrected chi connectivity index (χ4v) is 1.65. The summed E-state index contributed by atoms with van der Waals surface area (Å²) < 4.78 is 0. The number of hydrogen-bond donors (Lipinski definition) is 0. The van der Waals surface area contributed by atoms with E-state index in [1.807, 2.05) is 0 Å². The van der Waals surface area contributed by atoms with E-state index in [0.717, 1.165) is 6.54 Å². The van der Waals surface area contributed by atoms with E-state index in [-0.39, 0.29) is 0 Å². The highest BCUT2D eigenvalue weighted by Crippen LogP contribution is 2.27. The topological polar surface area (TPSA) is 3.24 Å². The molecule has 0 radical (unpaired) electrons. The zero-order valence-corrected chi connectivity index (χ0v) is 8.48. The molecule has 1 aliphatic rings. The van der Waals surface area contributed by atoms with E-state index >= 15 is 0 Å². The summed E-state index contributed by atoms with van der Waals surface area (Å²) in [5, 5.41) is 0. The van der Waals surface area contributed by atoms with Crippen molar-refractivity contribution in [2.45, 2.75) is 33.1 Å². The van der Waals surface area contributed by atoms with E-state index < -0.39 is 0 Å². The van der Waals surface area contributed by atoms with E-state index in [1.165, 1.54) is 30.5 Å². The summed E-state index contributed by atoms with van der Waals surface area (Å²) >= 11 is 0. The highest BCUT2D eigenvalue weighted by Gasteiger charge is 2.17. The Bertz CT molecular complexity index is 213. The molecule has 68 valence electrons. The Morgan fingerprint density at radius 1 is 1.50 bits per heavy atom. The first-order valence-corrected chi connectivity index (χ1v) is 4.75. The smallest absolute Gasteiger partial charge is 0.0391 e. The summed E-state index contributed by atoms with van der Waals surface area (Å²) in [5.74, 6) is 0. The maximum atomic E-state index is 4.04. The quantitative estimate of drug-likeness (QED) is 0.621. The molecule has 0 aromatic heterocycles. The fraction of sp³-hybridized carbons (Fsp3) is 0.636. The lowest BCUT2D eigenvalue weighted by Gasteiger charge is -2.12. The number of nitrogens with zero attached hydrogens (tertiary/aromatic N) is 1. The third-order valence-electron chi connectivity index (χ3n) is 2.68. The highest BCUT2D eigenvalue weighted by atomic mass is 15.1. The van der Waals surface area contributed by atoms with Gasteiger partial charge in [-0.15, -0.1) is 0 Å². The van der Waals surface area contributed by atoms with Gasteiger partial charge >= 0.3 is 0 Å². The molecule has 0 N–H and O–H groups in total. The van der Waals surface area contributed by atoms with Crippen LogP contribution in [0.5, 0.6) is 0 Å². The van der Waals surface area contributed by atoms with Crippen molar-refractivity contribution < 1.29 is 0 Å². The van der Waals surface area contributed by atoms with Crippen LogP contribution in [0, 0.1) is 0 Å². The molecule has 0 aliphatic carbocycles. The van der Waals surface area contributed by atoms with Crippen molar-refractivity contribution in [3.8, 4) is 0 Å². The van der Waals surface area contributed by atoms with Gasteiger partial charge in [-0.05, 0) is 30.9 Å². The van der Waals surface area contributed by atoms with Crippen molar-refractivity contribution in [1.82, 2.24) is 4.90 Å². The minimum Gasteiger partial charge on any atom is -0.371 e. The second kappa shape index (κ2) is 3.79. The van der Waals surface area contributed by atoms with Crippen LogP contribution in [0.2, 0.25) is 0 Å². The summed E-state index contributed by atoms with van der Waals surface area (Å²) in [6.07, 6.45) is 3.85. The fourth-order valence-electron chi connectivity index (χ4n) is 1.65. The minimum absolute atomic E-state index is 1.10. The molecule has 1 aliphatic heterocycles. The van der Waals surface area contributed by atoms with Crippen molar-refractivity contribution in [1.29, 1.82) is 0 Å². The van der Waals surface area contributed by atoms with Gasteiger partial charge in [-0.1, -0.05) is 19.9 Å². The van der Waals surface area contributed by atoms with Gasteiger partial charge < -0.3 is 4.90 Å². The molecule has 1 nitrogen and oxygen atoms in total. The largest absolute Gasteiger partial charge is 0.371 e. The van der Waals surface area contributed by atoms with Crippen molar-refractivity contribution in [3.63, 3.8) is 0 Å². The monoisotopic (exact) mass is 165 g/mol. The lowest BCUT2D eigenvalue weighted by Crippen LogP contribution is -2.12. The van der Waals surface area contributed by atoms with Crippen LogP contribution in [0.25, 0.3) is 0 Å². The molecule has 12 heavy (non-hydrogen) atoms. The molecule has 0 atom stereocenters. The SMILES string of the molecule is C=C1C(C)=C(CCCC)CN1C. The van der Waals surface area contributed by atoms with Crippen LogP contribution < -0.4 is 0 Å². The van der Waals surface area contributed by atoms with Crippen LogP contribution in [-0.2, 0) is 0 Å². The van der Waals surface area contributed by atoms with Crippen molar-refractivity contribution in [2.24, 2.45) is 0 Å². The van der Waals surface area contributed by atoms with Crippen LogP contribution in [0.4, 0.5) is 0 Å². The highest BCUT2D eigenvalue weighted by molar-refractivity contribution is 5.37. The molecule has 1 heterocycles. The van der Waals surface area contributed by atoms with Crippen molar-refractivity contribution in [3.05, 3.63) is 23.4 Å². The third-order valence-corrected chi connectivity index (χ3v) is 2.68. The number of likely N-dealkylation sites (N-methyl/N-ethyl adjacent to an activating group) is 1. The zero-order valence-electron chi connectivity index (χ0n) is 8.48. The Kier molecular flexibility index (Phi) is 2.96. The van der Waals surface area contributed by atoms with E-state index in [4.69, 9.17) is 0 Å². The average molecular weight is 165 g/mol. The Balaban J connectivity index is 2.59. The summed E-state index contributed by atoms with van der Waals surface area (Å²) in [4.78, 5) is 2.24. The van der Waals surface area contributed by atoms with Gasteiger partial charge in [0.2, 0.25) is 0 Å². The lowest BCUT2D eigenvalue weighted by molar-refractivity contribution is 0.485. The summed E-state index contributed by atoms with van der Waals surface area (Å²) in [5.41, 5.74) is 4.22. The second-order valence-electron chi connectivity index (χ2n) is 3.63. The number of rotatable bonds is 3. The predicted octanol–water partition coefficient (Wildman–Crippen LogP) is 2.95. The van der Waals surface area contributed by atoms with E-state index in [1.54, 1.807) is 5.57 Å². The molecule has 0 fully saturated rings. The first kappa shape index (κ1) is 9.37. The van der Waals surface area contributed by atoms with Crippen LogP contribution in [-0.4, -0.2) is 18.5 Å². The standard InChI is InChI=1S/C11H19N/c1-5-6-7-11-8-12(4)10(3)9(11)2/h3,5-8H2,1-2,4H3. The van der Waals surface area contributed by atoms with Gasteiger partial charge in [0.1, 0.15) is 0 Å². The lowest BCUT2D eigenvalue weighted by atomic mass is 10.1. The zero-order chi connectivity index (χ0) is 9.14. The van der Waals surface area contributed by atoms with Gasteiger partial charge in [-0.3, -0.25) is 0 Å². The molecular formula is C11H19N. The van der Waals surface area contributed by atoms with Crippen molar-refractivity contribution in [2.75, 3.05) is 13.6 Å². The van der Waals surface area contributed by atoms with Crippen LogP contribution >= 0.6 is 0 Å². The molecule has 0 spiro atoms. The maximum Gasteiger partial charge on any atom is 0.0391 e. The van der Waals surface area contributed by atoms with Gasteiger partial charge in [0, 0.05) is 19.3 Å². The van der Waals surface area contributed by atoms with E-state index in [9.17, 15) is 0 Å². The van der Waals surface area contributed by atoms with Gasteiger partial charge in [0.25, 0.3) is 0 Å². The van der Waals surface area contributed by atoms with Gasteiger partial charge in [-0.25, -0.2) is 0 Å². The molecule has 0 aromatic carbocycles.